The highest BCUT2D eigenvalue weighted by atomic mass is 32.2. The molecule has 1 atom stereocenters. The third kappa shape index (κ3) is 2.79. The van der Waals surface area contributed by atoms with E-state index in [1.54, 1.807) is 11.0 Å². The summed E-state index contributed by atoms with van der Waals surface area (Å²) < 4.78 is 29.2. The fourth-order valence-corrected chi connectivity index (χ4v) is 3.95. The Kier molecular flexibility index (Phi) is 4.02. The molecule has 1 aliphatic rings. The number of morpholine rings is 1. The van der Waals surface area contributed by atoms with Gasteiger partial charge in [-0.2, -0.15) is 5.10 Å². The van der Waals surface area contributed by atoms with Crippen LogP contribution in [0.15, 0.2) is 28.6 Å². The minimum atomic E-state index is -3.43. The quantitative estimate of drug-likeness (QED) is 0.902. The Hall–Kier alpha value is -1.71. The zero-order valence-corrected chi connectivity index (χ0v) is 13.5. The van der Waals surface area contributed by atoms with E-state index < -0.39 is 15.9 Å². The van der Waals surface area contributed by atoms with Gasteiger partial charge < -0.3 is 9.64 Å². The van der Waals surface area contributed by atoms with Crippen LogP contribution in [0, 0.1) is 0 Å². The number of carbonyl (C=O) groups is 1. The molecule has 1 saturated heterocycles. The van der Waals surface area contributed by atoms with Gasteiger partial charge in [-0.05, 0) is 11.4 Å². The molecule has 9 heteroatoms. The van der Waals surface area contributed by atoms with E-state index in [0.717, 1.165) is 6.26 Å². The van der Waals surface area contributed by atoms with E-state index in [1.165, 1.54) is 17.5 Å². The van der Waals surface area contributed by atoms with Crippen LogP contribution < -0.4 is 0 Å². The number of nitrogens with one attached hydrogen (secondary N) is 1. The van der Waals surface area contributed by atoms with Crippen LogP contribution in [-0.2, 0) is 14.6 Å². The first-order valence-corrected chi connectivity index (χ1v) is 9.41. The van der Waals surface area contributed by atoms with Gasteiger partial charge in [-0.1, -0.05) is 6.07 Å². The number of hydrogen-bond donors (Lipinski definition) is 1. The summed E-state index contributed by atoms with van der Waals surface area (Å²) in [7, 11) is -3.43. The first-order chi connectivity index (χ1) is 10.5. The molecule has 0 radical (unpaired) electrons. The number of amides is 1. The van der Waals surface area contributed by atoms with Gasteiger partial charge in [0, 0.05) is 12.8 Å². The second-order valence-corrected chi connectivity index (χ2v) is 7.92. The molecule has 0 bridgehead atoms. The maximum absolute atomic E-state index is 12.6. The Morgan fingerprint density at radius 1 is 1.55 bits per heavy atom. The third-order valence-corrected chi connectivity index (χ3v) is 5.47. The average Bonchev–Trinajstić information content (AvgIpc) is 3.17. The monoisotopic (exact) mass is 341 g/mol. The van der Waals surface area contributed by atoms with Crippen molar-refractivity contribution >= 4 is 27.1 Å². The number of thiophene rings is 1. The Labute approximate surface area is 131 Å². The SMILES string of the molecule is CS(=O)(=O)c1cn[nH]c1[C@H]1COCCN1C(=O)c1cccs1. The molecule has 0 saturated carbocycles. The van der Waals surface area contributed by atoms with Crippen LogP contribution in [0.2, 0.25) is 0 Å². The van der Waals surface area contributed by atoms with Gasteiger partial charge in [0.2, 0.25) is 0 Å². The van der Waals surface area contributed by atoms with E-state index in [0.29, 0.717) is 23.7 Å². The lowest BCUT2D eigenvalue weighted by Crippen LogP contribution is -2.43. The molecule has 7 nitrogen and oxygen atoms in total. The van der Waals surface area contributed by atoms with Crippen LogP contribution >= 0.6 is 11.3 Å². The lowest BCUT2D eigenvalue weighted by atomic mass is 10.1. The molecule has 22 heavy (non-hydrogen) atoms. The molecular weight excluding hydrogens is 326 g/mol. The molecule has 3 rings (SSSR count). The third-order valence-electron chi connectivity index (χ3n) is 3.49. The average molecular weight is 341 g/mol. The summed E-state index contributed by atoms with van der Waals surface area (Å²) >= 11 is 1.36. The summed E-state index contributed by atoms with van der Waals surface area (Å²) in [4.78, 5) is 15.0. The number of carbonyl (C=O) groups excluding carboxylic acids is 1. The Morgan fingerprint density at radius 3 is 3.05 bits per heavy atom. The van der Waals surface area contributed by atoms with Gasteiger partial charge in [0.25, 0.3) is 5.91 Å². The van der Waals surface area contributed by atoms with Crippen LogP contribution in [-0.4, -0.2) is 55.4 Å². The van der Waals surface area contributed by atoms with E-state index >= 15 is 0 Å². The first-order valence-electron chi connectivity index (χ1n) is 6.64. The van der Waals surface area contributed by atoms with E-state index in [-0.39, 0.29) is 17.4 Å². The molecule has 0 aromatic carbocycles. The van der Waals surface area contributed by atoms with Crippen LogP contribution in [0.4, 0.5) is 0 Å². The molecule has 2 aromatic rings. The van der Waals surface area contributed by atoms with E-state index in [9.17, 15) is 13.2 Å². The normalized spacial score (nSPS) is 19.3. The van der Waals surface area contributed by atoms with Crippen molar-refractivity contribution in [3.05, 3.63) is 34.3 Å². The van der Waals surface area contributed by atoms with Gasteiger partial charge in [0.05, 0.1) is 36.0 Å². The van der Waals surface area contributed by atoms with Crippen LogP contribution in [0.5, 0.6) is 0 Å². The van der Waals surface area contributed by atoms with Crippen LogP contribution in [0.3, 0.4) is 0 Å². The predicted molar refractivity (Wildman–Crippen MR) is 80.6 cm³/mol. The number of sulfone groups is 1. The van der Waals surface area contributed by atoms with Crippen LogP contribution in [0.25, 0.3) is 0 Å². The summed E-state index contributed by atoms with van der Waals surface area (Å²) in [6, 6.07) is 3.07. The van der Waals surface area contributed by atoms with Crippen molar-refractivity contribution in [2.24, 2.45) is 0 Å². The van der Waals surface area contributed by atoms with Crippen molar-refractivity contribution in [1.82, 2.24) is 15.1 Å². The number of hydrogen-bond acceptors (Lipinski definition) is 6. The molecule has 1 N–H and O–H groups in total. The van der Waals surface area contributed by atoms with Crippen molar-refractivity contribution in [3.8, 4) is 0 Å². The number of aromatic amines is 1. The topological polar surface area (TPSA) is 92.4 Å². The van der Waals surface area contributed by atoms with Gasteiger partial charge in [0.1, 0.15) is 4.90 Å². The summed E-state index contributed by atoms with van der Waals surface area (Å²) in [5, 5.41) is 8.37. The molecule has 118 valence electrons. The highest BCUT2D eigenvalue weighted by Gasteiger charge is 2.34. The van der Waals surface area contributed by atoms with Crippen molar-refractivity contribution < 1.29 is 17.9 Å². The van der Waals surface area contributed by atoms with Crippen molar-refractivity contribution in [2.75, 3.05) is 26.0 Å². The second-order valence-electron chi connectivity index (χ2n) is 4.99. The van der Waals surface area contributed by atoms with Gasteiger partial charge >= 0.3 is 0 Å². The fraction of sp³-hybridized carbons (Fsp3) is 0.385. The largest absolute Gasteiger partial charge is 0.377 e. The smallest absolute Gasteiger partial charge is 0.264 e. The molecule has 1 aliphatic heterocycles. The predicted octanol–water partition coefficient (Wildman–Crippen LogP) is 1.09. The Bertz CT molecular complexity index is 767. The Morgan fingerprint density at radius 2 is 2.36 bits per heavy atom. The zero-order valence-electron chi connectivity index (χ0n) is 11.9. The standard InChI is InChI=1S/C13H15N3O4S2/c1-22(18,19)11-7-14-15-12(11)9-8-20-5-4-16(9)13(17)10-3-2-6-21-10/h2-3,6-7,9H,4-5,8H2,1H3,(H,14,15)/t9-/m1/s1. The summed E-state index contributed by atoms with van der Waals surface area (Å²) in [5.74, 6) is -0.127. The highest BCUT2D eigenvalue weighted by molar-refractivity contribution is 7.90. The number of H-pyrrole nitrogens is 1. The highest BCUT2D eigenvalue weighted by Crippen LogP contribution is 2.29. The molecule has 0 aliphatic carbocycles. The summed E-state index contributed by atoms with van der Waals surface area (Å²) in [5.41, 5.74) is 0.395. The van der Waals surface area contributed by atoms with Gasteiger partial charge in [-0.15, -0.1) is 11.3 Å². The second kappa shape index (κ2) is 5.82. The fourth-order valence-electron chi connectivity index (χ4n) is 2.45. The molecular formula is C13H15N3O4S2. The number of nitrogens with zero attached hydrogens (tertiary/aromatic N) is 2. The van der Waals surface area contributed by atoms with Gasteiger partial charge in [-0.3, -0.25) is 9.89 Å². The zero-order chi connectivity index (χ0) is 15.7. The minimum Gasteiger partial charge on any atom is -0.377 e. The summed E-state index contributed by atoms with van der Waals surface area (Å²) in [6.45, 7) is 1.07. The van der Waals surface area contributed by atoms with Crippen molar-refractivity contribution in [2.45, 2.75) is 10.9 Å². The molecule has 1 fully saturated rings. The Balaban J connectivity index is 1.97. The van der Waals surface area contributed by atoms with Crippen LogP contribution in [0.1, 0.15) is 21.4 Å². The molecule has 1 amide bonds. The molecule has 2 aromatic heterocycles. The molecule has 3 heterocycles. The van der Waals surface area contributed by atoms with E-state index in [4.69, 9.17) is 4.74 Å². The molecule has 0 spiro atoms. The molecule has 0 unspecified atom stereocenters. The lowest BCUT2D eigenvalue weighted by Gasteiger charge is -2.35. The number of aromatic nitrogens is 2. The maximum Gasteiger partial charge on any atom is 0.264 e. The first kappa shape index (κ1) is 15.2. The van der Waals surface area contributed by atoms with E-state index in [2.05, 4.69) is 10.2 Å². The van der Waals surface area contributed by atoms with Crippen molar-refractivity contribution in [3.63, 3.8) is 0 Å². The lowest BCUT2D eigenvalue weighted by molar-refractivity contribution is -0.00442. The van der Waals surface area contributed by atoms with E-state index in [1.807, 2.05) is 11.4 Å². The number of ether oxygens (including phenoxy) is 1. The van der Waals surface area contributed by atoms with Crippen molar-refractivity contribution in [1.29, 1.82) is 0 Å². The minimum absolute atomic E-state index is 0.104. The number of rotatable bonds is 3. The van der Waals surface area contributed by atoms with Gasteiger partial charge in [-0.25, -0.2) is 8.42 Å². The summed E-state index contributed by atoms with van der Waals surface area (Å²) in [6.07, 6.45) is 2.39. The van der Waals surface area contributed by atoms with Gasteiger partial charge in [0.15, 0.2) is 9.84 Å². The maximum atomic E-state index is 12.6.